The lowest BCUT2D eigenvalue weighted by molar-refractivity contribution is 0.0527. The smallest absolute Gasteiger partial charge is 0.340 e. The number of rotatable bonds is 10. The van der Waals surface area contributed by atoms with Crippen molar-refractivity contribution in [1.29, 1.82) is 0 Å². The van der Waals surface area contributed by atoms with Gasteiger partial charge in [-0.15, -0.1) is 0 Å². The Morgan fingerprint density at radius 3 is 2.50 bits per heavy atom. The normalized spacial score (nSPS) is 14.4. The molecular weight excluding hydrogens is 380 g/mol. The van der Waals surface area contributed by atoms with Gasteiger partial charge >= 0.3 is 5.97 Å². The third kappa shape index (κ3) is 5.83. The number of hydrogen-bond donors (Lipinski definition) is 0. The van der Waals surface area contributed by atoms with Crippen LogP contribution in [0.4, 0.5) is 5.69 Å². The molecule has 6 heteroatoms. The van der Waals surface area contributed by atoms with Crippen LogP contribution < -0.4 is 9.64 Å². The molecule has 0 N–H and O–H groups in total. The fourth-order valence-electron chi connectivity index (χ4n) is 3.67. The number of aldehydes is 1. The van der Waals surface area contributed by atoms with Crippen molar-refractivity contribution in [3.63, 3.8) is 0 Å². The molecule has 160 valence electrons. The van der Waals surface area contributed by atoms with Gasteiger partial charge < -0.3 is 14.4 Å². The van der Waals surface area contributed by atoms with Crippen molar-refractivity contribution in [1.82, 2.24) is 4.90 Å². The minimum absolute atomic E-state index is 0.258. The molecule has 0 unspecified atom stereocenters. The van der Waals surface area contributed by atoms with Gasteiger partial charge in [0.25, 0.3) is 0 Å². The predicted molar refractivity (Wildman–Crippen MR) is 118 cm³/mol. The average molecular weight is 411 g/mol. The molecular formula is C24H30N2O4. The first-order valence-corrected chi connectivity index (χ1v) is 10.6. The van der Waals surface area contributed by atoms with E-state index in [-0.39, 0.29) is 5.97 Å². The summed E-state index contributed by atoms with van der Waals surface area (Å²) in [4.78, 5) is 28.0. The maximum Gasteiger partial charge on any atom is 0.340 e. The van der Waals surface area contributed by atoms with E-state index in [0.29, 0.717) is 30.1 Å². The van der Waals surface area contributed by atoms with Crippen molar-refractivity contribution in [2.24, 2.45) is 0 Å². The summed E-state index contributed by atoms with van der Waals surface area (Å²) in [5, 5.41) is 0. The lowest BCUT2D eigenvalue weighted by Crippen LogP contribution is -2.47. The van der Waals surface area contributed by atoms with Crippen LogP contribution in [0.1, 0.15) is 40.5 Å². The number of ether oxygens (including phenoxy) is 2. The quantitative estimate of drug-likeness (QED) is 0.338. The highest BCUT2D eigenvalue weighted by atomic mass is 16.5. The zero-order valence-corrected chi connectivity index (χ0v) is 17.6. The van der Waals surface area contributed by atoms with Crippen LogP contribution >= 0.6 is 0 Å². The number of para-hydroxylation sites is 2. The van der Waals surface area contributed by atoms with Gasteiger partial charge in [0.1, 0.15) is 5.75 Å². The first-order valence-electron chi connectivity index (χ1n) is 10.6. The molecule has 1 saturated heterocycles. The Bertz CT molecular complexity index is 831. The van der Waals surface area contributed by atoms with Gasteiger partial charge in [0.15, 0.2) is 6.29 Å². The first-order chi connectivity index (χ1) is 14.7. The number of anilines is 1. The molecule has 0 aromatic heterocycles. The first kappa shape index (κ1) is 21.8. The number of unbranched alkanes of at least 4 members (excludes halogenated alkanes) is 1. The number of piperazine rings is 1. The molecule has 1 aliphatic heterocycles. The second-order valence-corrected chi connectivity index (χ2v) is 7.28. The van der Waals surface area contributed by atoms with Gasteiger partial charge in [-0.3, -0.25) is 9.69 Å². The molecule has 0 radical (unpaired) electrons. The second-order valence-electron chi connectivity index (χ2n) is 7.28. The van der Waals surface area contributed by atoms with Gasteiger partial charge in [0.2, 0.25) is 0 Å². The fourth-order valence-corrected chi connectivity index (χ4v) is 3.67. The van der Waals surface area contributed by atoms with E-state index in [1.54, 1.807) is 6.07 Å². The maximum atomic E-state index is 12.2. The predicted octanol–water partition coefficient (Wildman–Crippen LogP) is 3.66. The molecule has 2 aromatic carbocycles. The highest BCUT2D eigenvalue weighted by molar-refractivity contribution is 5.95. The monoisotopic (exact) mass is 410 g/mol. The third-order valence-electron chi connectivity index (χ3n) is 5.28. The van der Waals surface area contributed by atoms with Gasteiger partial charge in [-0.1, -0.05) is 24.3 Å². The molecule has 0 amide bonds. The molecule has 0 aliphatic carbocycles. The van der Waals surface area contributed by atoms with Crippen LogP contribution in [-0.2, 0) is 4.74 Å². The summed E-state index contributed by atoms with van der Waals surface area (Å²) < 4.78 is 10.9. The van der Waals surface area contributed by atoms with Gasteiger partial charge in [-0.2, -0.15) is 0 Å². The molecule has 1 heterocycles. The number of nitrogens with zero attached hydrogens (tertiary/aromatic N) is 2. The molecule has 6 nitrogen and oxygen atoms in total. The number of hydrogen-bond acceptors (Lipinski definition) is 6. The van der Waals surface area contributed by atoms with E-state index in [9.17, 15) is 9.59 Å². The Labute approximate surface area is 178 Å². The Balaban J connectivity index is 1.40. The Kier molecular flexibility index (Phi) is 8.27. The van der Waals surface area contributed by atoms with Crippen molar-refractivity contribution >= 4 is 17.9 Å². The topological polar surface area (TPSA) is 59.1 Å². The molecule has 3 rings (SSSR count). The molecule has 0 atom stereocenters. The van der Waals surface area contributed by atoms with Crippen LogP contribution in [0.3, 0.4) is 0 Å². The summed E-state index contributed by atoms with van der Waals surface area (Å²) in [5.41, 5.74) is 2.19. The van der Waals surface area contributed by atoms with Crippen LogP contribution in [0.5, 0.6) is 5.75 Å². The number of carbonyl (C=O) groups is 2. The summed E-state index contributed by atoms with van der Waals surface area (Å²) in [5.74, 6) is 0.396. The number of esters is 1. The van der Waals surface area contributed by atoms with E-state index in [2.05, 4.69) is 9.80 Å². The van der Waals surface area contributed by atoms with E-state index in [1.165, 1.54) is 0 Å². The average Bonchev–Trinajstić information content (AvgIpc) is 2.80. The highest BCUT2D eigenvalue weighted by Gasteiger charge is 2.21. The minimum Gasteiger partial charge on any atom is -0.493 e. The van der Waals surface area contributed by atoms with Gasteiger partial charge in [0.05, 0.1) is 30.0 Å². The second kappa shape index (κ2) is 11.4. The fraction of sp³-hybridized carbons (Fsp3) is 0.417. The standard InChI is InChI=1S/C24H30N2O4/c1-2-29-24(28)21-10-4-5-11-22(21)26-16-14-25(15-17-26)13-7-8-18-30-23-12-6-3-9-20(23)19-27/h3-6,9-12,19H,2,7-8,13-18H2,1H3. The number of benzene rings is 2. The molecule has 2 aromatic rings. The van der Waals surface area contributed by atoms with E-state index < -0.39 is 0 Å². The summed E-state index contributed by atoms with van der Waals surface area (Å²) in [7, 11) is 0. The van der Waals surface area contributed by atoms with Crippen LogP contribution in [0.2, 0.25) is 0 Å². The largest absolute Gasteiger partial charge is 0.493 e. The summed E-state index contributed by atoms with van der Waals surface area (Å²) >= 11 is 0. The Morgan fingerprint density at radius 1 is 1.00 bits per heavy atom. The molecule has 0 bridgehead atoms. The molecule has 0 saturated carbocycles. The van der Waals surface area contributed by atoms with Crippen LogP contribution in [0, 0.1) is 0 Å². The molecule has 1 aliphatic rings. The van der Waals surface area contributed by atoms with E-state index in [1.807, 2.05) is 49.4 Å². The van der Waals surface area contributed by atoms with Crippen molar-refractivity contribution in [3.05, 3.63) is 59.7 Å². The zero-order valence-electron chi connectivity index (χ0n) is 17.6. The van der Waals surface area contributed by atoms with Gasteiger partial charge in [-0.05, 0) is 50.6 Å². The van der Waals surface area contributed by atoms with Crippen molar-refractivity contribution < 1.29 is 19.1 Å². The van der Waals surface area contributed by atoms with Crippen LogP contribution in [0.15, 0.2) is 48.5 Å². The van der Waals surface area contributed by atoms with Crippen molar-refractivity contribution in [2.45, 2.75) is 19.8 Å². The minimum atomic E-state index is -0.258. The van der Waals surface area contributed by atoms with E-state index in [0.717, 1.165) is 57.5 Å². The molecule has 1 fully saturated rings. The van der Waals surface area contributed by atoms with Gasteiger partial charge in [0, 0.05) is 26.2 Å². The third-order valence-corrected chi connectivity index (χ3v) is 5.28. The summed E-state index contributed by atoms with van der Waals surface area (Å²) in [6.07, 6.45) is 2.82. The Morgan fingerprint density at radius 2 is 1.73 bits per heavy atom. The van der Waals surface area contributed by atoms with Gasteiger partial charge in [-0.25, -0.2) is 4.79 Å². The van der Waals surface area contributed by atoms with Crippen LogP contribution in [0.25, 0.3) is 0 Å². The SMILES string of the molecule is CCOC(=O)c1ccccc1N1CCN(CCCCOc2ccccc2C=O)CC1. The summed E-state index contributed by atoms with van der Waals surface area (Å²) in [6.45, 7) is 7.54. The van der Waals surface area contributed by atoms with E-state index in [4.69, 9.17) is 9.47 Å². The maximum absolute atomic E-state index is 12.2. The lowest BCUT2D eigenvalue weighted by Gasteiger charge is -2.36. The Hall–Kier alpha value is -2.86. The highest BCUT2D eigenvalue weighted by Crippen LogP contribution is 2.23. The lowest BCUT2D eigenvalue weighted by atomic mass is 10.1. The zero-order chi connectivity index (χ0) is 21.2. The van der Waals surface area contributed by atoms with Crippen molar-refractivity contribution in [2.75, 3.05) is 50.8 Å². The van der Waals surface area contributed by atoms with E-state index >= 15 is 0 Å². The molecule has 30 heavy (non-hydrogen) atoms. The van der Waals surface area contributed by atoms with Crippen LogP contribution in [-0.4, -0.2) is 63.1 Å². The number of carbonyl (C=O) groups excluding carboxylic acids is 2. The summed E-state index contributed by atoms with van der Waals surface area (Å²) in [6, 6.07) is 15.0. The van der Waals surface area contributed by atoms with Crippen molar-refractivity contribution in [3.8, 4) is 5.75 Å². The molecule has 0 spiro atoms.